The van der Waals surface area contributed by atoms with Crippen molar-refractivity contribution in [2.75, 3.05) is 19.0 Å². The van der Waals surface area contributed by atoms with Crippen LogP contribution >= 0.6 is 0 Å². The van der Waals surface area contributed by atoms with Gasteiger partial charge >= 0.3 is 0 Å². The number of carbonyl (C=O) groups is 1. The zero-order valence-corrected chi connectivity index (χ0v) is 17.5. The van der Waals surface area contributed by atoms with Gasteiger partial charge in [0.05, 0.1) is 53.8 Å². The molecule has 9 heteroatoms. The number of primary amides is 1. The first-order valence-electron chi connectivity index (χ1n) is 9.56. The van der Waals surface area contributed by atoms with E-state index in [9.17, 15) is 18.8 Å². The van der Waals surface area contributed by atoms with Gasteiger partial charge in [0, 0.05) is 16.8 Å². The van der Waals surface area contributed by atoms with Crippen molar-refractivity contribution in [1.82, 2.24) is 4.98 Å². The van der Waals surface area contributed by atoms with Gasteiger partial charge in [-0.05, 0) is 32.9 Å². The first kappa shape index (κ1) is 22.0. The number of methoxy groups -OCH3 is 1. The van der Waals surface area contributed by atoms with Crippen molar-refractivity contribution >= 4 is 11.6 Å². The number of hydrogen-bond donors (Lipinski definition) is 2. The molecule has 0 radical (unpaired) electrons. The molecule has 0 spiro atoms. The van der Waals surface area contributed by atoms with E-state index in [1.165, 1.54) is 20.1 Å². The second kappa shape index (κ2) is 8.60. The molecule has 1 aliphatic rings. The van der Waals surface area contributed by atoms with Gasteiger partial charge in [0.15, 0.2) is 0 Å². The lowest BCUT2D eigenvalue weighted by molar-refractivity contribution is -0.114. The maximum atomic E-state index is 14.0. The van der Waals surface area contributed by atoms with E-state index < -0.39 is 18.3 Å². The number of nitrogens with two attached hydrogens (primary N) is 1. The molecule has 0 aliphatic carbocycles. The molecule has 1 aromatic carbocycles. The molecule has 1 aliphatic heterocycles. The third-order valence-corrected chi connectivity index (χ3v) is 5.16. The number of benzene rings is 1. The minimum absolute atomic E-state index is 0.116. The van der Waals surface area contributed by atoms with E-state index in [0.717, 1.165) is 0 Å². The van der Waals surface area contributed by atoms with E-state index >= 15 is 0 Å². The largest absolute Gasteiger partial charge is 0.496 e. The summed E-state index contributed by atoms with van der Waals surface area (Å²) in [6.45, 7) is 5.05. The van der Waals surface area contributed by atoms with E-state index in [2.05, 4.69) is 10.3 Å². The van der Waals surface area contributed by atoms with Gasteiger partial charge in [-0.15, -0.1) is 0 Å². The number of aromatic nitrogens is 1. The minimum atomic E-state index is -2.81. The van der Waals surface area contributed by atoms with E-state index in [4.69, 9.17) is 15.2 Å². The van der Waals surface area contributed by atoms with Crippen molar-refractivity contribution in [2.24, 2.45) is 5.73 Å². The SMILES string of the molecule is CCOc1nc(C)c(C(F)F)c2c1[C@@H](c1ccc(C#N)cc1OC)C(C(N)=O)=C(C)N2. The van der Waals surface area contributed by atoms with Crippen LogP contribution in [0.1, 0.15) is 54.1 Å². The third kappa shape index (κ3) is 3.77. The first-order valence-corrected chi connectivity index (χ1v) is 9.56. The molecular weight excluding hydrogens is 406 g/mol. The zero-order valence-electron chi connectivity index (χ0n) is 17.5. The van der Waals surface area contributed by atoms with Crippen LogP contribution in [-0.2, 0) is 4.79 Å². The molecule has 2 heterocycles. The van der Waals surface area contributed by atoms with Crippen molar-refractivity contribution < 1.29 is 23.0 Å². The van der Waals surface area contributed by atoms with Crippen LogP contribution in [0.4, 0.5) is 14.5 Å². The van der Waals surface area contributed by atoms with Crippen LogP contribution < -0.4 is 20.5 Å². The van der Waals surface area contributed by atoms with Gasteiger partial charge in [0.25, 0.3) is 6.43 Å². The van der Waals surface area contributed by atoms with Gasteiger partial charge in [-0.1, -0.05) is 6.07 Å². The van der Waals surface area contributed by atoms with Crippen LogP contribution in [0.5, 0.6) is 11.6 Å². The highest BCUT2D eigenvalue weighted by atomic mass is 19.3. The van der Waals surface area contributed by atoms with Crippen molar-refractivity contribution in [3.63, 3.8) is 0 Å². The Kier molecular flexibility index (Phi) is 6.11. The number of aryl methyl sites for hydroxylation is 1. The molecule has 0 saturated carbocycles. The highest BCUT2D eigenvalue weighted by Gasteiger charge is 2.39. The number of halogens is 2. The Labute approximate surface area is 178 Å². The molecule has 7 nitrogen and oxygen atoms in total. The minimum Gasteiger partial charge on any atom is -0.496 e. The van der Waals surface area contributed by atoms with Gasteiger partial charge in [-0.25, -0.2) is 13.8 Å². The maximum Gasteiger partial charge on any atom is 0.267 e. The summed E-state index contributed by atoms with van der Waals surface area (Å²) in [4.78, 5) is 16.7. The predicted octanol–water partition coefficient (Wildman–Crippen LogP) is 3.92. The van der Waals surface area contributed by atoms with Crippen molar-refractivity contribution in [3.8, 4) is 17.7 Å². The van der Waals surface area contributed by atoms with Gasteiger partial charge in [0.1, 0.15) is 5.75 Å². The van der Waals surface area contributed by atoms with Crippen LogP contribution in [0.3, 0.4) is 0 Å². The Balaban J connectivity index is 2.45. The number of allylic oxidation sites excluding steroid dienone is 1. The highest BCUT2D eigenvalue weighted by Crippen LogP contribution is 2.51. The lowest BCUT2D eigenvalue weighted by atomic mass is 9.79. The third-order valence-electron chi connectivity index (χ3n) is 5.16. The average Bonchev–Trinajstić information content (AvgIpc) is 2.71. The van der Waals surface area contributed by atoms with Crippen LogP contribution in [0.15, 0.2) is 29.5 Å². The molecule has 2 aromatic rings. The molecule has 0 unspecified atom stereocenters. The number of amides is 1. The van der Waals surface area contributed by atoms with Gasteiger partial charge in [0.2, 0.25) is 11.8 Å². The van der Waals surface area contributed by atoms with E-state index in [0.29, 0.717) is 22.6 Å². The number of nitrogens with zero attached hydrogens (tertiary/aromatic N) is 2. The summed E-state index contributed by atoms with van der Waals surface area (Å²) in [5, 5.41) is 12.2. The van der Waals surface area contributed by atoms with Crippen LogP contribution in [0, 0.1) is 18.3 Å². The summed E-state index contributed by atoms with van der Waals surface area (Å²) in [6.07, 6.45) is -2.81. The molecule has 31 heavy (non-hydrogen) atoms. The Morgan fingerprint density at radius 2 is 2.10 bits per heavy atom. The lowest BCUT2D eigenvalue weighted by Crippen LogP contribution is -2.29. The number of nitriles is 1. The molecule has 0 saturated heterocycles. The summed E-state index contributed by atoms with van der Waals surface area (Å²) >= 11 is 0. The Morgan fingerprint density at radius 3 is 2.65 bits per heavy atom. The summed E-state index contributed by atoms with van der Waals surface area (Å²) in [6, 6.07) is 6.71. The van der Waals surface area contributed by atoms with E-state index in [-0.39, 0.29) is 40.6 Å². The number of alkyl halides is 2. The molecule has 1 amide bonds. The van der Waals surface area contributed by atoms with Gasteiger partial charge < -0.3 is 20.5 Å². The Bertz CT molecular complexity index is 1120. The van der Waals surface area contributed by atoms with Crippen LogP contribution in [-0.4, -0.2) is 24.6 Å². The fraction of sp³-hybridized carbons (Fsp3) is 0.318. The fourth-order valence-electron chi connectivity index (χ4n) is 3.89. The smallest absolute Gasteiger partial charge is 0.267 e. The second-order valence-electron chi connectivity index (χ2n) is 6.97. The van der Waals surface area contributed by atoms with E-state index in [1.807, 2.05) is 6.07 Å². The number of pyridine rings is 1. The molecule has 1 aromatic heterocycles. The molecule has 3 N–H and O–H groups in total. The second-order valence-corrected chi connectivity index (χ2v) is 6.97. The average molecular weight is 428 g/mol. The topological polar surface area (TPSA) is 110 Å². The van der Waals surface area contributed by atoms with Gasteiger partial charge in [-0.3, -0.25) is 4.79 Å². The molecule has 1 atom stereocenters. The molecule has 162 valence electrons. The number of hydrogen-bond acceptors (Lipinski definition) is 6. The molecule has 0 bridgehead atoms. The zero-order chi connectivity index (χ0) is 22.9. The van der Waals surface area contributed by atoms with Crippen molar-refractivity contribution in [3.05, 3.63) is 57.4 Å². The number of anilines is 1. The number of rotatable bonds is 6. The first-order chi connectivity index (χ1) is 14.7. The summed E-state index contributed by atoms with van der Waals surface area (Å²) in [5.41, 5.74) is 7.27. The number of ether oxygens (including phenoxy) is 2. The Morgan fingerprint density at radius 1 is 1.39 bits per heavy atom. The lowest BCUT2D eigenvalue weighted by Gasteiger charge is -2.33. The summed E-state index contributed by atoms with van der Waals surface area (Å²) in [5.74, 6) is -1.18. The maximum absolute atomic E-state index is 14.0. The van der Waals surface area contributed by atoms with E-state index in [1.54, 1.807) is 26.0 Å². The number of carbonyl (C=O) groups excluding carboxylic acids is 1. The molecule has 3 rings (SSSR count). The summed E-state index contributed by atoms with van der Waals surface area (Å²) < 4.78 is 39.2. The molecular formula is C22H22F2N4O3. The van der Waals surface area contributed by atoms with Crippen molar-refractivity contribution in [1.29, 1.82) is 5.26 Å². The quantitative estimate of drug-likeness (QED) is 0.722. The fourth-order valence-corrected chi connectivity index (χ4v) is 3.89. The standard InChI is InChI=1S/C22H22F2N4O3/c1-5-31-22-18-17(13-7-6-12(9-25)8-14(13)30-4)15(21(26)29)10(2)27-19(18)16(20(23)24)11(3)28-22/h6-8,17,20,27H,5H2,1-4H3,(H2,26,29)/t17-/m0/s1. The van der Waals surface area contributed by atoms with Gasteiger partial charge in [-0.2, -0.15) is 5.26 Å². The molecule has 0 fully saturated rings. The Hall–Kier alpha value is -3.67. The monoisotopic (exact) mass is 428 g/mol. The predicted molar refractivity (Wildman–Crippen MR) is 110 cm³/mol. The van der Waals surface area contributed by atoms with Crippen LogP contribution in [0.2, 0.25) is 0 Å². The highest BCUT2D eigenvalue weighted by molar-refractivity contribution is 5.98. The number of fused-ring (bicyclic) bond motifs is 1. The summed E-state index contributed by atoms with van der Waals surface area (Å²) in [7, 11) is 1.42. The number of nitrogens with one attached hydrogen (secondary N) is 1. The van der Waals surface area contributed by atoms with Crippen LogP contribution in [0.25, 0.3) is 0 Å². The normalized spacial score (nSPS) is 15.2. The van der Waals surface area contributed by atoms with Crippen molar-refractivity contribution in [2.45, 2.75) is 33.1 Å².